The molecule has 4 heterocycles. The first-order valence-corrected chi connectivity index (χ1v) is 9.02. The maximum Gasteiger partial charge on any atom is 0.408 e. The molecule has 1 saturated heterocycles. The molecule has 1 fully saturated rings. The van der Waals surface area contributed by atoms with Gasteiger partial charge in [0.15, 0.2) is 5.82 Å². The van der Waals surface area contributed by atoms with Crippen LogP contribution in [0.1, 0.15) is 6.42 Å². The minimum Gasteiger partial charge on any atom is -0.491 e. The van der Waals surface area contributed by atoms with Crippen LogP contribution in [0.15, 0.2) is 30.7 Å². The number of imidazole rings is 1. The molecule has 3 aromatic rings. The SMILES string of the molecule is FC(F)(F)Cn1ncnc1-c1cn2c(n1)-c1ccc(N3CCC3)cc1OCC2. The van der Waals surface area contributed by atoms with Crippen LogP contribution in [0.4, 0.5) is 18.9 Å². The molecular weight excluding hydrogens is 373 g/mol. The molecule has 1 aromatic carbocycles. The fraction of sp³-hybridized carbons (Fsp3) is 0.389. The van der Waals surface area contributed by atoms with Crippen LogP contribution in [0.5, 0.6) is 5.75 Å². The fourth-order valence-electron chi connectivity index (χ4n) is 3.50. The fourth-order valence-corrected chi connectivity index (χ4v) is 3.50. The molecule has 2 aliphatic rings. The van der Waals surface area contributed by atoms with E-state index in [-0.39, 0.29) is 5.82 Å². The number of anilines is 1. The summed E-state index contributed by atoms with van der Waals surface area (Å²) in [6.07, 6.45) is -0.382. The van der Waals surface area contributed by atoms with Crippen molar-refractivity contribution < 1.29 is 17.9 Å². The van der Waals surface area contributed by atoms with Gasteiger partial charge >= 0.3 is 6.18 Å². The number of hydrogen-bond donors (Lipinski definition) is 0. The molecule has 0 bridgehead atoms. The molecule has 28 heavy (non-hydrogen) atoms. The molecule has 0 spiro atoms. The monoisotopic (exact) mass is 390 g/mol. The minimum atomic E-state index is -4.38. The molecule has 0 radical (unpaired) electrons. The quantitative estimate of drug-likeness (QED) is 0.688. The zero-order chi connectivity index (χ0) is 19.3. The Morgan fingerprint density at radius 3 is 2.71 bits per heavy atom. The number of alkyl halides is 3. The van der Waals surface area contributed by atoms with E-state index in [2.05, 4.69) is 20.0 Å². The minimum absolute atomic E-state index is 0.0950. The van der Waals surface area contributed by atoms with Crippen molar-refractivity contribution in [1.82, 2.24) is 24.3 Å². The summed E-state index contributed by atoms with van der Waals surface area (Å²) in [6.45, 7) is 1.86. The first-order chi connectivity index (χ1) is 13.5. The van der Waals surface area contributed by atoms with Crippen LogP contribution in [-0.4, -0.2) is 50.2 Å². The van der Waals surface area contributed by atoms with Gasteiger partial charge in [0.05, 0.1) is 12.1 Å². The average Bonchev–Trinajstić information content (AvgIpc) is 3.15. The van der Waals surface area contributed by atoms with E-state index >= 15 is 0 Å². The summed E-state index contributed by atoms with van der Waals surface area (Å²) in [6, 6.07) is 5.99. The van der Waals surface area contributed by atoms with E-state index in [9.17, 15) is 13.2 Å². The third-order valence-electron chi connectivity index (χ3n) is 4.97. The van der Waals surface area contributed by atoms with Crippen molar-refractivity contribution in [1.29, 1.82) is 0 Å². The van der Waals surface area contributed by atoms with Crippen molar-refractivity contribution in [3.63, 3.8) is 0 Å². The molecular formula is C18H17F3N6O. The van der Waals surface area contributed by atoms with Crippen LogP contribution in [0.3, 0.4) is 0 Å². The Morgan fingerprint density at radius 1 is 1.11 bits per heavy atom. The highest BCUT2D eigenvalue weighted by Crippen LogP contribution is 2.37. The van der Waals surface area contributed by atoms with Gasteiger partial charge in [-0.2, -0.15) is 18.3 Å². The number of benzene rings is 1. The number of fused-ring (bicyclic) bond motifs is 3. The normalized spacial score (nSPS) is 16.0. The first kappa shape index (κ1) is 17.1. The lowest BCUT2D eigenvalue weighted by molar-refractivity contribution is -0.142. The molecule has 0 atom stereocenters. The van der Waals surface area contributed by atoms with E-state index in [0.29, 0.717) is 24.7 Å². The molecule has 5 rings (SSSR count). The molecule has 2 aliphatic heterocycles. The molecule has 10 heteroatoms. The molecule has 0 unspecified atom stereocenters. The second kappa shape index (κ2) is 6.25. The largest absolute Gasteiger partial charge is 0.491 e. The van der Waals surface area contributed by atoms with Crippen LogP contribution in [0.2, 0.25) is 0 Å². The third kappa shape index (κ3) is 2.98. The number of nitrogens with zero attached hydrogens (tertiary/aromatic N) is 6. The van der Waals surface area contributed by atoms with E-state index in [0.717, 1.165) is 41.1 Å². The van der Waals surface area contributed by atoms with Crippen molar-refractivity contribution in [3.8, 4) is 28.7 Å². The standard InChI is InChI=1S/C18H17F3N6O/c19-18(20,21)10-27-17(22-11-23-27)14-9-26-6-7-28-15-8-12(25-4-1-5-25)2-3-13(15)16(26)24-14/h2-3,8-9,11H,1,4-7,10H2. The summed E-state index contributed by atoms with van der Waals surface area (Å²) in [5, 5.41) is 3.70. The topological polar surface area (TPSA) is 61.0 Å². The summed E-state index contributed by atoms with van der Waals surface area (Å²) >= 11 is 0. The lowest BCUT2D eigenvalue weighted by Gasteiger charge is -2.33. The summed E-state index contributed by atoms with van der Waals surface area (Å²) in [5.41, 5.74) is 2.28. The zero-order valence-corrected chi connectivity index (χ0v) is 14.9. The zero-order valence-electron chi connectivity index (χ0n) is 14.9. The van der Waals surface area contributed by atoms with E-state index in [1.54, 1.807) is 6.20 Å². The van der Waals surface area contributed by atoms with Gasteiger partial charge in [0.25, 0.3) is 0 Å². The predicted octanol–water partition coefficient (Wildman–Crippen LogP) is 2.97. The van der Waals surface area contributed by atoms with E-state index in [1.165, 1.54) is 6.42 Å². The Morgan fingerprint density at radius 2 is 1.96 bits per heavy atom. The number of hydrogen-bond acceptors (Lipinski definition) is 5. The van der Waals surface area contributed by atoms with Gasteiger partial charge in [-0.05, 0) is 18.6 Å². The van der Waals surface area contributed by atoms with Crippen LogP contribution in [0, 0.1) is 0 Å². The van der Waals surface area contributed by atoms with Crippen molar-refractivity contribution in [3.05, 3.63) is 30.7 Å². The van der Waals surface area contributed by atoms with Gasteiger partial charge in [0.1, 0.15) is 36.7 Å². The highest BCUT2D eigenvalue weighted by atomic mass is 19.4. The highest BCUT2D eigenvalue weighted by Gasteiger charge is 2.31. The van der Waals surface area contributed by atoms with Crippen LogP contribution >= 0.6 is 0 Å². The number of aromatic nitrogens is 5. The highest BCUT2D eigenvalue weighted by molar-refractivity contribution is 5.72. The number of ether oxygens (including phenoxy) is 1. The Balaban J connectivity index is 1.53. The van der Waals surface area contributed by atoms with Crippen LogP contribution in [0.25, 0.3) is 22.9 Å². The summed E-state index contributed by atoms with van der Waals surface area (Å²) in [7, 11) is 0. The van der Waals surface area contributed by atoms with Gasteiger partial charge in [0.2, 0.25) is 0 Å². The lowest BCUT2D eigenvalue weighted by Crippen LogP contribution is -2.36. The average molecular weight is 390 g/mol. The summed E-state index contributed by atoms with van der Waals surface area (Å²) < 4.78 is 47.0. The van der Waals surface area contributed by atoms with Gasteiger partial charge in [-0.3, -0.25) is 0 Å². The maximum absolute atomic E-state index is 12.8. The lowest BCUT2D eigenvalue weighted by atomic mass is 10.1. The summed E-state index contributed by atoms with van der Waals surface area (Å²) in [5.74, 6) is 1.48. The van der Waals surface area contributed by atoms with Crippen molar-refractivity contribution in [2.75, 3.05) is 24.6 Å². The second-order valence-corrected chi connectivity index (χ2v) is 6.87. The molecule has 2 aromatic heterocycles. The Hall–Kier alpha value is -3.04. The van der Waals surface area contributed by atoms with E-state index < -0.39 is 12.7 Å². The third-order valence-corrected chi connectivity index (χ3v) is 4.97. The van der Waals surface area contributed by atoms with E-state index in [4.69, 9.17) is 4.74 Å². The molecule has 0 amide bonds. The Labute approximate surface area is 158 Å². The van der Waals surface area contributed by atoms with Crippen molar-refractivity contribution in [2.24, 2.45) is 0 Å². The molecule has 0 saturated carbocycles. The number of halogens is 3. The van der Waals surface area contributed by atoms with E-state index in [1.807, 2.05) is 22.8 Å². The molecule has 0 aliphatic carbocycles. The summed E-state index contributed by atoms with van der Waals surface area (Å²) in [4.78, 5) is 10.8. The van der Waals surface area contributed by atoms with Gasteiger partial charge in [-0.15, -0.1) is 0 Å². The van der Waals surface area contributed by atoms with Crippen LogP contribution < -0.4 is 9.64 Å². The smallest absolute Gasteiger partial charge is 0.408 e. The number of rotatable bonds is 3. The molecule has 7 nitrogen and oxygen atoms in total. The first-order valence-electron chi connectivity index (χ1n) is 9.02. The van der Waals surface area contributed by atoms with Crippen molar-refractivity contribution >= 4 is 5.69 Å². The Bertz CT molecular complexity index is 1020. The Kier molecular flexibility index (Phi) is 3.81. The predicted molar refractivity (Wildman–Crippen MR) is 95.1 cm³/mol. The maximum atomic E-state index is 12.8. The second-order valence-electron chi connectivity index (χ2n) is 6.87. The van der Waals surface area contributed by atoms with Crippen molar-refractivity contribution in [2.45, 2.75) is 25.7 Å². The van der Waals surface area contributed by atoms with Crippen LogP contribution in [-0.2, 0) is 13.1 Å². The van der Waals surface area contributed by atoms with Gasteiger partial charge in [-0.25, -0.2) is 14.6 Å². The molecule has 146 valence electrons. The van der Waals surface area contributed by atoms with Gasteiger partial charge in [0, 0.05) is 31.0 Å². The van der Waals surface area contributed by atoms with Gasteiger partial charge < -0.3 is 14.2 Å². The van der Waals surface area contributed by atoms with Gasteiger partial charge in [-0.1, -0.05) is 0 Å². The molecule has 0 N–H and O–H groups in total.